The molecule has 0 atom stereocenters. The molecule has 4 rings (SSSR count). The maximum absolute atomic E-state index is 12.7. The molecule has 0 unspecified atom stereocenters. The lowest BCUT2D eigenvalue weighted by molar-refractivity contribution is 0.103. The standard InChI is InChI=1S/C18H11Cl3N4OS2/c1-25-8-22-24-18(25)27-11-4-2-10(3-5-11)23-17(26)16-15(21)14-12(20)6-9(19)7-13(14)28-16/h2-8H,1H3,(H,23,26). The Bertz CT molecular complexity index is 1190. The Morgan fingerprint density at radius 2 is 1.93 bits per heavy atom. The van der Waals surface area contributed by atoms with Crippen LogP contribution in [0.2, 0.25) is 15.1 Å². The number of anilines is 1. The zero-order chi connectivity index (χ0) is 19.8. The molecule has 2 aromatic carbocycles. The average Bonchev–Trinajstić information content (AvgIpc) is 3.20. The summed E-state index contributed by atoms with van der Waals surface area (Å²) < 4.78 is 2.60. The van der Waals surface area contributed by atoms with Crippen molar-refractivity contribution in [1.29, 1.82) is 0 Å². The van der Waals surface area contributed by atoms with Crippen molar-refractivity contribution in [3.05, 3.63) is 62.7 Å². The maximum atomic E-state index is 12.7. The number of nitrogens with zero attached hydrogens (tertiary/aromatic N) is 3. The number of amides is 1. The van der Waals surface area contributed by atoms with Gasteiger partial charge < -0.3 is 9.88 Å². The van der Waals surface area contributed by atoms with Crippen LogP contribution in [0.4, 0.5) is 5.69 Å². The van der Waals surface area contributed by atoms with Gasteiger partial charge in [-0.15, -0.1) is 21.5 Å². The van der Waals surface area contributed by atoms with Crippen molar-refractivity contribution in [2.75, 3.05) is 5.32 Å². The highest BCUT2D eigenvalue weighted by Gasteiger charge is 2.20. The molecule has 142 valence electrons. The van der Waals surface area contributed by atoms with E-state index in [4.69, 9.17) is 34.8 Å². The molecule has 1 amide bonds. The number of fused-ring (bicyclic) bond motifs is 1. The van der Waals surface area contributed by atoms with Crippen LogP contribution < -0.4 is 5.32 Å². The molecule has 0 aliphatic heterocycles. The van der Waals surface area contributed by atoms with Gasteiger partial charge >= 0.3 is 0 Å². The molecular formula is C18H11Cl3N4OS2. The summed E-state index contributed by atoms with van der Waals surface area (Å²) >= 11 is 21.4. The molecule has 10 heteroatoms. The quantitative estimate of drug-likeness (QED) is 0.376. The van der Waals surface area contributed by atoms with Crippen LogP contribution in [0.15, 0.2) is 52.8 Å². The van der Waals surface area contributed by atoms with Gasteiger partial charge in [0.1, 0.15) is 11.2 Å². The summed E-state index contributed by atoms with van der Waals surface area (Å²) in [6.07, 6.45) is 1.64. The van der Waals surface area contributed by atoms with E-state index in [2.05, 4.69) is 15.5 Å². The first kappa shape index (κ1) is 19.5. The van der Waals surface area contributed by atoms with Gasteiger partial charge in [0.2, 0.25) is 0 Å². The number of aryl methyl sites for hydroxylation is 1. The molecule has 5 nitrogen and oxygen atoms in total. The summed E-state index contributed by atoms with van der Waals surface area (Å²) in [7, 11) is 1.88. The van der Waals surface area contributed by atoms with Crippen molar-refractivity contribution < 1.29 is 4.79 Å². The lowest BCUT2D eigenvalue weighted by atomic mass is 10.2. The second-order valence-corrected chi connectivity index (χ2v) is 9.13. The first-order valence-electron chi connectivity index (χ1n) is 7.92. The van der Waals surface area contributed by atoms with Crippen molar-refractivity contribution >= 4 is 79.6 Å². The SMILES string of the molecule is Cn1cnnc1Sc1ccc(NC(=O)c2sc3cc(Cl)cc(Cl)c3c2Cl)cc1. The minimum absolute atomic E-state index is 0.299. The van der Waals surface area contributed by atoms with Gasteiger partial charge in [0.15, 0.2) is 5.16 Å². The van der Waals surface area contributed by atoms with Crippen molar-refractivity contribution in [2.24, 2.45) is 7.05 Å². The summed E-state index contributed by atoms with van der Waals surface area (Å²) in [5, 5.41) is 13.4. The van der Waals surface area contributed by atoms with Gasteiger partial charge in [-0.2, -0.15) is 0 Å². The van der Waals surface area contributed by atoms with Gasteiger partial charge in [-0.25, -0.2) is 0 Å². The lowest BCUT2D eigenvalue weighted by Crippen LogP contribution is -2.10. The normalized spacial score (nSPS) is 11.1. The van der Waals surface area contributed by atoms with Crippen LogP contribution in [0.1, 0.15) is 9.67 Å². The zero-order valence-electron chi connectivity index (χ0n) is 14.2. The highest BCUT2D eigenvalue weighted by molar-refractivity contribution is 7.99. The predicted octanol–water partition coefficient (Wildman–Crippen LogP) is 6.39. The smallest absolute Gasteiger partial charge is 0.267 e. The molecule has 0 spiro atoms. The molecule has 4 aromatic rings. The van der Waals surface area contributed by atoms with Crippen LogP contribution in [-0.4, -0.2) is 20.7 Å². The number of hydrogen-bond donors (Lipinski definition) is 1. The maximum Gasteiger partial charge on any atom is 0.267 e. The fraction of sp³-hybridized carbons (Fsp3) is 0.0556. The van der Waals surface area contributed by atoms with Crippen molar-refractivity contribution in [3.63, 3.8) is 0 Å². The topological polar surface area (TPSA) is 59.8 Å². The molecule has 0 fully saturated rings. The number of thiophene rings is 1. The molecule has 0 radical (unpaired) electrons. The molecule has 0 aliphatic rings. The van der Waals surface area contributed by atoms with E-state index in [9.17, 15) is 4.79 Å². The number of carbonyl (C=O) groups excluding carboxylic acids is 1. The number of benzene rings is 2. The fourth-order valence-corrected chi connectivity index (χ4v) is 5.56. The highest BCUT2D eigenvalue weighted by atomic mass is 35.5. The minimum atomic E-state index is -0.299. The number of carbonyl (C=O) groups is 1. The van der Waals surface area contributed by atoms with Crippen LogP contribution in [0.5, 0.6) is 0 Å². The number of hydrogen-bond acceptors (Lipinski definition) is 5. The molecule has 2 aromatic heterocycles. The molecule has 0 bridgehead atoms. The van der Waals surface area contributed by atoms with E-state index >= 15 is 0 Å². The monoisotopic (exact) mass is 468 g/mol. The third-order valence-corrected chi connectivity index (χ3v) is 7.05. The second kappa shape index (κ2) is 7.93. The van der Waals surface area contributed by atoms with Crippen LogP contribution >= 0.6 is 57.9 Å². The highest BCUT2D eigenvalue weighted by Crippen LogP contribution is 2.41. The van der Waals surface area contributed by atoms with Gasteiger partial charge in [0, 0.05) is 32.7 Å². The van der Waals surface area contributed by atoms with E-state index < -0.39 is 0 Å². The average molecular weight is 470 g/mol. The first-order valence-corrected chi connectivity index (χ1v) is 10.7. The Balaban J connectivity index is 1.54. The molecule has 28 heavy (non-hydrogen) atoms. The second-order valence-electron chi connectivity index (χ2n) is 5.81. The zero-order valence-corrected chi connectivity index (χ0v) is 18.1. The Morgan fingerprint density at radius 3 is 2.61 bits per heavy atom. The largest absolute Gasteiger partial charge is 0.321 e. The Hall–Kier alpha value is -1.77. The minimum Gasteiger partial charge on any atom is -0.321 e. The van der Waals surface area contributed by atoms with E-state index in [1.807, 2.05) is 35.9 Å². The van der Waals surface area contributed by atoms with E-state index in [-0.39, 0.29) is 5.91 Å². The van der Waals surface area contributed by atoms with Crippen LogP contribution in [0.3, 0.4) is 0 Å². The van der Waals surface area contributed by atoms with Crippen molar-refractivity contribution in [1.82, 2.24) is 14.8 Å². The third-order valence-electron chi connectivity index (χ3n) is 3.85. The van der Waals surface area contributed by atoms with Gasteiger partial charge in [0.05, 0.1) is 10.0 Å². The molecule has 0 aliphatic carbocycles. The van der Waals surface area contributed by atoms with Crippen molar-refractivity contribution in [2.45, 2.75) is 10.1 Å². The Morgan fingerprint density at radius 1 is 1.18 bits per heavy atom. The fourth-order valence-electron chi connectivity index (χ4n) is 2.52. The van der Waals surface area contributed by atoms with Gasteiger partial charge in [-0.1, -0.05) is 34.8 Å². The number of nitrogens with one attached hydrogen (secondary N) is 1. The van der Waals surface area contributed by atoms with Crippen molar-refractivity contribution in [3.8, 4) is 0 Å². The van der Waals surface area contributed by atoms with Gasteiger partial charge in [-0.3, -0.25) is 4.79 Å². The molecule has 2 heterocycles. The predicted molar refractivity (Wildman–Crippen MR) is 116 cm³/mol. The number of halogens is 3. The number of rotatable bonds is 4. The molecular weight excluding hydrogens is 459 g/mol. The van der Waals surface area contributed by atoms with E-state index in [0.717, 1.165) is 14.8 Å². The van der Waals surface area contributed by atoms with Crippen LogP contribution in [0, 0.1) is 0 Å². The van der Waals surface area contributed by atoms with E-state index in [1.165, 1.54) is 23.1 Å². The molecule has 0 saturated heterocycles. The Labute approximate surface area is 183 Å². The van der Waals surface area contributed by atoms with Crippen LogP contribution in [0.25, 0.3) is 10.1 Å². The summed E-state index contributed by atoms with van der Waals surface area (Å²) in [6.45, 7) is 0. The van der Waals surface area contributed by atoms with Crippen LogP contribution in [-0.2, 0) is 7.05 Å². The number of aromatic nitrogens is 3. The van der Waals surface area contributed by atoms with E-state index in [0.29, 0.717) is 31.0 Å². The lowest BCUT2D eigenvalue weighted by Gasteiger charge is -2.06. The summed E-state index contributed by atoms with van der Waals surface area (Å²) in [4.78, 5) is 14.1. The van der Waals surface area contributed by atoms with E-state index in [1.54, 1.807) is 18.5 Å². The van der Waals surface area contributed by atoms with Gasteiger partial charge in [-0.05, 0) is 48.2 Å². The molecule has 1 N–H and O–H groups in total. The summed E-state index contributed by atoms with van der Waals surface area (Å²) in [6, 6.07) is 10.8. The third kappa shape index (κ3) is 3.86. The summed E-state index contributed by atoms with van der Waals surface area (Å²) in [5.41, 5.74) is 0.657. The first-order chi connectivity index (χ1) is 13.4. The van der Waals surface area contributed by atoms with Gasteiger partial charge in [0.25, 0.3) is 5.91 Å². The summed E-state index contributed by atoms with van der Waals surface area (Å²) in [5.74, 6) is -0.299. The molecule has 0 saturated carbocycles. The Kier molecular flexibility index (Phi) is 5.53.